The Morgan fingerprint density at radius 1 is 1.50 bits per heavy atom. The van der Waals surface area contributed by atoms with Gasteiger partial charge in [0, 0.05) is 22.4 Å². The fraction of sp³-hybridized carbons (Fsp3) is 0.615. The second-order valence-electron chi connectivity index (χ2n) is 5.03. The quantitative estimate of drug-likeness (QED) is 0.921. The molecular formula is C13H19BrN2. The highest BCUT2D eigenvalue weighted by Crippen LogP contribution is 2.31. The van der Waals surface area contributed by atoms with Crippen LogP contribution in [0.25, 0.3) is 0 Å². The van der Waals surface area contributed by atoms with E-state index in [1.165, 1.54) is 18.4 Å². The maximum atomic E-state index is 4.24. The van der Waals surface area contributed by atoms with Crippen LogP contribution in [-0.4, -0.2) is 17.1 Å². The van der Waals surface area contributed by atoms with Gasteiger partial charge in [0.25, 0.3) is 0 Å². The van der Waals surface area contributed by atoms with Crippen molar-refractivity contribution in [3.63, 3.8) is 0 Å². The van der Waals surface area contributed by atoms with Gasteiger partial charge in [0.2, 0.25) is 0 Å². The molecular weight excluding hydrogens is 264 g/mol. The van der Waals surface area contributed by atoms with Gasteiger partial charge < -0.3 is 5.32 Å². The highest BCUT2D eigenvalue weighted by molar-refractivity contribution is 9.10. The number of hydrogen-bond acceptors (Lipinski definition) is 2. The molecule has 1 aliphatic heterocycles. The Bertz CT molecular complexity index is 357. The minimum atomic E-state index is 0.280. The van der Waals surface area contributed by atoms with Crippen LogP contribution in [0.5, 0.6) is 0 Å². The van der Waals surface area contributed by atoms with Gasteiger partial charge in [0.1, 0.15) is 0 Å². The monoisotopic (exact) mass is 282 g/mol. The number of aromatic nitrogens is 1. The molecule has 1 atom stereocenters. The molecule has 0 saturated carbocycles. The lowest BCUT2D eigenvalue weighted by Gasteiger charge is -2.34. The van der Waals surface area contributed by atoms with Crippen LogP contribution in [0.2, 0.25) is 0 Å². The minimum absolute atomic E-state index is 0.280. The SMILES string of the molecule is CC(C)C1(Cc2cncc(Br)c2)CCCN1. The van der Waals surface area contributed by atoms with Crippen molar-refractivity contribution in [2.75, 3.05) is 6.54 Å². The van der Waals surface area contributed by atoms with Crippen LogP contribution >= 0.6 is 15.9 Å². The third-order valence-corrected chi connectivity index (χ3v) is 4.10. The number of pyridine rings is 1. The first-order valence-corrected chi connectivity index (χ1v) is 6.76. The summed E-state index contributed by atoms with van der Waals surface area (Å²) in [5.74, 6) is 0.661. The zero-order chi connectivity index (χ0) is 11.6. The standard InChI is InChI=1S/C13H19BrN2/c1-10(2)13(4-3-5-16-13)7-11-6-12(14)9-15-8-11/h6,8-10,16H,3-5,7H2,1-2H3. The van der Waals surface area contributed by atoms with Crippen molar-refractivity contribution in [2.24, 2.45) is 5.92 Å². The summed E-state index contributed by atoms with van der Waals surface area (Å²) in [5.41, 5.74) is 1.60. The number of halogens is 1. The molecule has 2 nitrogen and oxygen atoms in total. The molecule has 0 aromatic carbocycles. The summed E-state index contributed by atoms with van der Waals surface area (Å²) in [7, 11) is 0. The summed E-state index contributed by atoms with van der Waals surface area (Å²) in [5, 5.41) is 3.69. The molecule has 2 rings (SSSR count). The van der Waals surface area contributed by atoms with Gasteiger partial charge in [0.15, 0.2) is 0 Å². The molecule has 1 aliphatic rings. The molecule has 0 amide bonds. The lowest BCUT2D eigenvalue weighted by atomic mass is 9.80. The molecule has 0 radical (unpaired) electrons. The predicted molar refractivity (Wildman–Crippen MR) is 70.4 cm³/mol. The molecule has 1 unspecified atom stereocenters. The molecule has 0 bridgehead atoms. The summed E-state index contributed by atoms with van der Waals surface area (Å²) in [6.07, 6.45) is 7.47. The Morgan fingerprint density at radius 2 is 2.31 bits per heavy atom. The Labute approximate surface area is 106 Å². The van der Waals surface area contributed by atoms with Crippen molar-refractivity contribution in [1.82, 2.24) is 10.3 Å². The molecule has 1 N–H and O–H groups in total. The lowest BCUT2D eigenvalue weighted by molar-refractivity contribution is 0.269. The fourth-order valence-electron chi connectivity index (χ4n) is 2.59. The van der Waals surface area contributed by atoms with E-state index in [-0.39, 0.29) is 5.54 Å². The molecule has 88 valence electrons. The van der Waals surface area contributed by atoms with Crippen LogP contribution in [0, 0.1) is 5.92 Å². The van der Waals surface area contributed by atoms with Gasteiger partial charge in [0.05, 0.1) is 0 Å². The van der Waals surface area contributed by atoms with E-state index in [1.54, 1.807) is 0 Å². The Kier molecular flexibility index (Phi) is 3.65. The van der Waals surface area contributed by atoms with Crippen molar-refractivity contribution in [3.05, 3.63) is 28.5 Å². The van der Waals surface area contributed by atoms with E-state index in [0.717, 1.165) is 17.4 Å². The smallest absolute Gasteiger partial charge is 0.0410 e. The van der Waals surface area contributed by atoms with Crippen LogP contribution in [0.4, 0.5) is 0 Å². The largest absolute Gasteiger partial charge is 0.311 e. The van der Waals surface area contributed by atoms with Gasteiger partial charge in [-0.15, -0.1) is 0 Å². The van der Waals surface area contributed by atoms with Crippen LogP contribution in [0.3, 0.4) is 0 Å². The average molecular weight is 283 g/mol. The highest BCUT2D eigenvalue weighted by Gasteiger charge is 2.36. The third-order valence-electron chi connectivity index (χ3n) is 3.66. The molecule has 0 spiro atoms. The summed E-state index contributed by atoms with van der Waals surface area (Å²) in [6, 6.07) is 2.18. The first-order chi connectivity index (χ1) is 7.62. The van der Waals surface area contributed by atoms with Gasteiger partial charge in [-0.3, -0.25) is 4.98 Å². The zero-order valence-corrected chi connectivity index (χ0v) is 11.5. The molecule has 0 aliphatic carbocycles. The Hall–Kier alpha value is -0.410. The van der Waals surface area contributed by atoms with E-state index in [2.05, 4.69) is 46.1 Å². The van der Waals surface area contributed by atoms with Crippen molar-refractivity contribution in [3.8, 4) is 0 Å². The highest BCUT2D eigenvalue weighted by atomic mass is 79.9. The van der Waals surface area contributed by atoms with E-state index in [4.69, 9.17) is 0 Å². The van der Waals surface area contributed by atoms with Crippen molar-refractivity contribution < 1.29 is 0 Å². The number of nitrogens with zero attached hydrogens (tertiary/aromatic N) is 1. The zero-order valence-electron chi connectivity index (χ0n) is 9.96. The summed E-state index contributed by atoms with van der Waals surface area (Å²) >= 11 is 3.48. The first kappa shape index (κ1) is 12.1. The molecule has 1 fully saturated rings. The topological polar surface area (TPSA) is 24.9 Å². The van der Waals surface area contributed by atoms with E-state index < -0.39 is 0 Å². The molecule has 3 heteroatoms. The Balaban J connectivity index is 2.18. The molecule has 1 saturated heterocycles. The fourth-order valence-corrected chi connectivity index (χ4v) is 3.01. The van der Waals surface area contributed by atoms with Gasteiger partial charge >= 0.3 is 0 Å². The second kappa shape index (κ2) is 4.84. The summed E-state index contributed by atoms with van der Waals surface area (Å²) in [4.78, 5) is 4.24. The van der Waals surface area contributed by atoms with Crippen LogP contribution in [0.15, 0.2) is 22.9 Å². The van der Waals surface area contributed by atoms with Crippen molar-refractivity contribution >= 4 is 15.9 Å². The third kappa shape index (κ3) is 2.46. The molecule has 16 heavy (non-hydrogen) atoms. The lowest BCUT2D eigenvalue weighted by Crippen LogP contribution is -2.46. The van der Waals surface area contributed by atoms with Gasteiger partial charge in [-0.2, -0.15) is 0 Å². The first-order valence-electron chi connectivity index (χ1n) is 5.97. The van der Waals surface area contributed by atoms with Gasteiger partial charge in [-0.05, 0) is 59.3 Å². The van der Waals surface area contributed by atoms with Crippen molar-refractivity contribution in [1.29, 1.82) is 0 Å². The normalized spacial score (nSPS) is 25.2. The molecule has 2 heterocycles. The number of nitrogens with one attached hydrogen (secondary N) is 1. The number of hydrogen-bond donors (Lipinski definition) is 1. The van der Waals surface area contributed by atoms with Crippen LogP contribution in [0.1, 0.15) is 32.3 Å². The van der Waals surface area contributed by atoms with E-state index in [1.807, 2.05) is 12.4 Å². The minimum Gasteiger partial charge on any atom is -0.311 e. The maximum absolute atomic E-state index is 4.24. The van der Waals surface area contributed by atoms with E-state index >= 15 is 0 Å². The van der Waals surface area contributed by atoms with Gasteiger partial charge in [-0.1, -0.05) is 13.8 Å². The maximum Gasteiger partial charge on any atom is 0.0410 e. The van der Waals surface area contributed by atoms with Crippen LogP contribution in [-0.2, 0) is 6.42 Å². The predicted octanol–water partition coefficient (Wildman–Crippen LogP) is 3.16. The van der Waals surface area contributed by atoms with E-state index in [9.17, 15) is 0 Å². The molecule has 1 aromatic heterocycles. The van der Waals surface area contributed by atoms with Crippen molar-refractivity contribution in [2.45, 2.75) is 38.6 Å². The summed E-state index contributed by atoms with van der Waals surface area (Å²) < 4.78 is 1.07. The second-order valence-corrected chi connectivity index (χ2v) is 5.95. The van der Waals surface area contributed by atoms with Gasteiger partial charge in [-0.25, -0.2) is 0 Å². The molecule has 1 aromatic rings. The summed E-state index contributed by atoms with van der Waals surface area (Å²) in [6.45, 7) is 5.77. The number of rotatable bonds is 3. The Morgan fingerprint density at radius 3 is 2.88 bits per heavy atom. The van der Waals surface area contributed by atoms with Crippen LogP contribution < -0.4 is 5.32 Å². The average Bonchev–Trinajstić information content (AvgIpc) is 2.67. The van der Waals surface area contributed by atoms with E-state index in [0.29, 0.717) is 5.92 Å².